The van der Waals surface area contributed by atoms with Gasteiger partial charge in [0.25, 0.3) is 5.91 Å². The molecule has 124 valence electrons. The first-order valence-corrected chi connectivity index (χ1v) is 7.82. The van der Waals surface area contributed by atoms with E-state index in [9.17, 15) is 4.79 Å². The molecule has 0 saturated heterocycles. The molecule has 1 amide bonds. The van der Waals surface area contributed by atoms with Crippen molar-refractivity contribution in [3.63, 3.8) is 0 Å². The highest BCUT2D eigenvalue weighted by Crippen LogP contribution is 2.17. The third-order valence-corrected chi connectivity index (χ3v) is 3.90. The molecule has 0 radical (unpaired) electrons. The van der Waals surface area contributed by atoms with Gasteiger partial charge in [0, 0.05) is 44.0 Å². The summed E-state index contributed by atoms with van der Waals surface area (Å²) in [7, 11) is 3.69. The Bertz CT molecular complexity index is 833. The summed E-state index contributed by atoms with van der Waals surface area (Å²) in [5, 5.41) is 7.08. The number of carbonyl (C=O) groups is 1. The fourth-order valence-electron chi connectivity index (χ4n) is 2.40. The molecule has 0 unspecified atom stereocenters. The normalized spacial score (nSPS) is 10.8. The minimum Gasteiger partial charge on any atom is -0.337 e. The zero-order valence-corrected chi connectivity index (χ0v) is 14.0. The average Bonchev–Trinajstić information content (AvgIpc) is 3.24. The third kappa shape index (κ3) is 3.19. The standard InChI is InChI=1S/C17H20N6O/c1-4-14-19-16(21-20-14)12-5-7-13(8-6-12)17(24)23(3)11-15-18-9-10-22(15)2/h5-10H,4,11H2,1-3H3,(H,19,20,21). The Hall–Kier alpha value is -2.96. The number of aromatic nitrogens is 5. The maximum atomic E-state index is 12.5. The second-order valence-electron chi connectivity index (χ2n) is 5.65. The van der Waals surface area contributed by atoms with Crippen LogP contribution in [0.15, 0.2) is 36.7 Å². The number of aryl methyl sites for hydroxylation is 2. The van der Waals surface area contributed by atoms with Crippen LogP contribution in [0.4, 0.5) is 0 Å². The van der Waals surface area contributed by atoms with Crippen LogP contribution in [0.5, 0.6) is 0 Å². The largest absolute Gasteiger partial charge is 0.337 e. The Morgan fingerprint density at radius 3 is 2.62 bits per heavy atom. The van der Waals surface area contributed by atoms with Crippen molar-refractivity contribution in [1.82, 2.24) is 29.6 Å². The van der Waals surface area contributed by atoms with Crippen molar-refractivity contribution in [2.24, 2.45) is 7.05 Å². The molecule has 24 heavy (non-hydrogen) atoms. The molecule has 2 aromatic heterocycles. The van der Waals surface area contributed by atoms with Gasteiger partial charge in [-0.1, -0.05) is 19.1 Å². The highest BCUT2D eigenvalue weighted by molar-refractivity contribution is 5.94. The smallest absolute Gasteiger partial charge is 0.254 e. The van der Waals surface area contributed by atoms with Crippen LogP contribution in [0.3, 0.4) is 0 Å². The van der Waals surface area contributed by atoms with E-state index in [1.807, 2.05) is 36.9 Å². The second-order valence-corrected chi connectivity index (χ2v) is 5.65. The number of rotatable bonds is 5. The number of amides is 1. The lowest BCUT2D eigenvalue weighted by Gasteiger charge is -2.17. The molecule has 1 N–H and O–H groups in total. The lowest BCUT2D eigenvalue weighted by Crippen LogP contribution is -2.27. The van der Waals surface area contributed by atoms with Gasteiger partial charge in [-0.15, -0.1) is 0 Å². The highest BCUT2D eigenvalue weighted by atomic mass is 16.2. The fourth-order valence-corrected chi connectivity index (χ4v) is 2.40. The Labute approximate surface area is 140 Å². The van der Waals surface area contributed by atoms with Gasteiger partial charge in [0.2, 0.25) is 0 Å². The van der Waals surface area contributed by atoms with Gasteiger partial charge >= 0.3 is 0 Å². The first-order chi connectivity index (χ1) is 11.6. The summed E-state index contributed by atoms with van der Waals surface area (Å²) >= 11 is 0. The molecule has 0 saturated carbocycles. The predicted molar refractivity (Wildman–Crippen MR) is 90.2 cm³/mol. The number of H-pyrrole nitrogens is 1. The van der Waals surface area contributed by atoms with Crippen LogP contribution in [-0.2, 0) is 20.0 Å². The van der Waals surface area contributed by atoms with E-state index in [4.69, 9.17) is 0 Å². The van der Waals surface area contributed by atoms with Gasteiger partial charge in [0.15, 0.2) is 5.82 Å². The average molecular weight is 324 g/mol. The number of carbonyl (C=O) groups excluding carboxylic acids is 1. The lowest BCUT2D eigenvalue weighted by molar-refractivity contribution is 0.0780. The monoisotopic (exact) mass is 324 g/mol. The van der Waals surface area contributed by atoms with E-state index in [0.717, 1.165) is 23.6 Å². The molecule has 0 bridgehead atoms. The van der Waals surface area contributed by atoms with Crippen LogP contribution in [-0.4, -0.2) is 42.6 Å². The minimum absolute atomic E-state index is 0.0474. The summed E-state index contributed by atoms with van der Waals surface area (Å²) in [6.45, 7) is 2.48. The number of hydrogen-bond donors (Lipinski definition) is 1. The predicted octanol–water partition coefficient (Wildman–Crippen LogP) is 2.04. The van der Waals surface area contributed by atoms with Gasteiger partial charge in [-0.05, 0) is 12.1 Å². The van der Waals surface area contributed by atoms with E-state index in [0.29, 0.717) is 17.9 Å². The van der Waals surface area contributed by atoms with Crippen molar-refractivity contribution < 1.29 is 4.79 Å². The van der Waals surface area contributed by atoms with Gasteiger partial charge in [-0.2, -0.15) is 5.10 Å². The van der Waals surface area contributed by atoms with Crippen LogP contribution in [0.1, 0.15) is 28.9 Å². The zero-order valence-electron chi connectivity index (χ0n) is 14.0. The van der Waals surface area contributed by atoms with Crippen molar-refractivity contribution >= 4 is 5.91 Å². The van der Waals surface area contributed by atoms with Crippen molar-refractivity contribution in [2.45, 2.75) is 19.9 Å². The molecule has 0 atom stereocenters. The van der Waals surface area contributed by atoms with E-state index in [1.54, 1.807) is 30.3 Å². The summed E-state index contributed by atoms with van der Waals surface area (Å²) in [4.78, 5) is 22.8. The van der Waals surface area contributed by atoms with Gasteiger partial charge in [-0.3, -0.25) is 9.89 Å². The summed E-state index contributed by atoms with van der Waals surface area (Å²) < 4.78 is 1.90. The topological polar surface area (TPSA) is 79.7 Å². The molecule has 1 aromatic carbocycles. The molecule has 0 spiro atoms. The molecule has 7 heteroatoms. The molecule has 7 nitrogen and oxygen atoms in total. The maximum absolute atomic E-state index is 12.5. The van der Waals surface area contributed by atoms with Gasteiger partial charge in [-0.25, -0.2) is 9.97 Å². The Balaban J connectivity index is 1.72. The van der Waals surface area contributed by atoms with E-state index in [2.05, 4.69) is 20.2 Å². The van der Waals surface area contributed by atoms with Crippen LogP contribution in [0.2, 0.25) is 0 Å². The zero-order chi connectivity index (χ0) is 17.1. The Kier molecular flexibility index (Phi) is 4.41. The minimum atomic E-state index is -0.0474. The highest BCUT2D eigenvalue weighted by Gasteiger charge is 2.14. The fraction of sp³-hybridized carbons (Fsp3) is 0.294. The number of nitrogens with zero attached hydrogens (tertiary/aromatic N) is 5. The summed E-state index contributed by atoms with van der Waals surface area (Å²) in [5.41, 5.74) is 1.51. The van der Waals surface area contributed by atoms with E-state index in [1.165, 1.54) is 0 Å². The number of imidazole rings is 1. The summed E-state index contributed by atoms with van der Waals surface area (Å²) in [5.74, 6) is 2.29. The second kappa shape index (κ2) is 6.66. The molecule has 0 fully saturated rings. The van der Waals surface area contributed by atoms with Crippen LogP contribution in [0.25, 0.3) is 11.4 Å². The number of hydrogen-bond acceptors (Lipinski definition) is 4. The van der Waals surface area contributed by atoms with E-state index < -0.39 is 0 Å². The summed E-state index contributed by atoms with van der Waals surface area (Å²) in [6.07, 6.45) is 4.40. The molecule has 3 aromatic rings. The van der Waals surface area contributed by atoms with Crippen LogP contribution in [0, 0.1) is 0 Å². The first-order valence-electron chi connectivity index (χ1n) is 7.82. The molecule has 3 rings (SSSR count). The third-order valence-electron chi connectivity index (χ3n) is 3.90. The van der Waals surface area contributed by atoms with Gasteiger partial charge in [0.1, 0.15) is 11.6 Å². The summed E-state index contributed by atoms with van der Waals surface area (Å²) in [6, 6.07) is 7.33. The number of nitrogens with one attached hydrogen (secondary N) is 1. The van der Waals surface area contributed by atoms with Crippen molar-refractivity contribution in [2.75, 3.05) is 7.05 Å². The van der Waals surface area contributed by atoms with E-state index in [-0.39, 0.29) is 5.91 Å². The molecule has 2 heterocycles. The van der Waals surface area contributed by atoms with Gasteiger partial charge in [0.05, 0.1) is 6.54 Å². The Morgan fingerprint density at radius 2 is 2.04 bits per heavy atom. The number of aromatic amines is 1. The molecule has 0 aliphatic heterocycles. The van der Waals surface area contributed by atoms with Crippen LogP contribution < -0.4 is 0 Å². The number of benzene rings is 1. The van der Waals surface area contributed by atoms with Crippen molar-refractivity contribution in [3.8, 4) is 11.4 Å². The van der Waals surface area contributed by atoms with Crippen LogP contribution >= 0.6 is 0 Å². The lowest BCUT2D eigenvalue weighted by atomic mass is 10.1. The molecular weight excluding hydrogens is 304 g/mol. The first kappa shape index (κ1) is 15.9. The van der Waals surface area contributed by atoms with Crippen molar-refractivity contribution in [3.05, 3.63) is 53.9 Å². The van der Waals surface area contributed by atoms with E-state index >= 15 is 0 Å². The quantitative estimate of drug-likeness (QED) is 0.779. The molecular formula is C17H20N6O. The van der Waals surface area contributed by atoms with Gasteiger partial charge < -0.3 is 9.47 Å². The molecule has 0 aliphatic rings. The Morgan fingerprint density at radius 1 is 1.29 bits per heavy atom. The SMILES string of the molecule is CCc1nc(-c2ccc(C(=O)N(C)Cc3nccn3C)cc2)n[nH]1. The maximum Gasteiger partial charge on any atom is 0.254 e. The van der Waals surface area contributed by atoms with Crippen molar-refractivity contribution in [1.29, 1.82) is 0 Å². The molecule has 0 aliphatic carbocycles.